The topological polar surface area (TPSA) is 63.9 Å². The predicted molar refractivity (Wildman–Crippen MR) is 64.5 cm³/mol. The zero-order chi connectivity index (χ0) is 12.4. The van der Waals surface area contributed by atoms with Crippen molar-refractivity contribution in [2.24, 2.45) is 5.92 Å². The van der Waals surface area contributed by atoms with E-state index in [-0.39, 0.29) is 12.5 Å². The standard InChI is InChI=1S/C12H19N5O/c18-12(8-16-9-13-14-15-16)17-7-3-5-10-4-1-2-6-11(10)17/h9-11H,1-8H2. The summed E-state index contributed by atoms with van der Waals surface area (Å²) in [7, 11) is 0. The number of aromatic nitrogens is 4. The number of carbonyl (C=O) groups is 1. The van der Waals surface area contributed by atoms with Crippen molar-refractivity contribution in [1.29, 1.82) is 0 Å². The molecule has 18 heavy (non-hydrogen) atoms. The molecule has 2 unspecified atom stereocenters. The number of carbonyl (C=O) groups excluding carboxylic acids is 1. The average Bonchev–Trinajstić information content (AvgIpc) is 2.91. The van der Waals surface area contributed by atoms with Gasteiger partial charge in [-0.3, -0.25) is 4.79 Å². The Morgan fingerprint density at radius 2 is 2.06 bits per heavy atom. The van der Waals surface area contributed by atoms with Gasteiger partial charge in [0.15, 0.2) is 0 Å². The monoisotopic (exact) mass is 249 g/mol. The van der Waals surface area contributed by atoms with Crippen LogP contribution in [0.4, 0.5) is 0 Å². The summed E-state index contributed by atoms with van der Waals surface area (Å²) in [5.74, 6) is 0.893. The number of likely N-dealkylation sites (tertiary alicyclic amines) is 1. The molecule has 2 fully saturated rings. The van der Waals surface area contributed by atoms with Gasteiger partial charge in [-0.05, 0) is 42.0 Å². The Bertz CT molecular complexity index is 403. The molecule has 2 atom stereocenters. The fourth-order valence-corrected chi connectivity index (χ4v) is 3.42. The van der Waals surface area contributed by atoms with Crippen LogP contribution < -0.4 is 0 Å². The van der Waals surface area contributed by atoms with Gasteiger partial charge >= 0.3 is 0 Å². The van der Waals surface area contributed by atoms with Gasteiger partial charge in [-0.2, -0.15) is 0 Å². The van der Waals surface area contributed by atoms with E-state index in [1.807, 2.05) is 0 Å². The number of fused-ring (bicyclic) bond motifs is 1. The second-order valence-corrected chi connectivity index (χ2v) is 5.35. The highest BCUT2D eigenvalue weighted by Crippen LogP contribution is 2.35. The minimum atomic E-state index is 0.166. The quantitative estimate of drug-likeness (QED) is 0.779. The van der Waals surface area contributed by atoms with Crippen LogP contribution >= 0.6 is 0 Å². The van der Waals surface area contributed by atoms with Crippen molar-refractivity contribution in [3.8, 4) is 0 Å². The van der Waals surface area contributed by atoms with Gasteiger partial charge in [0.25, 0.3) is 0 Å². The Balaban J connectivity index is 1.68. The van der Waals surface area contributed by atoms with Crippen LogP contribution in [-0.4, -0.2) is 43.6 Å². The molecular formula is C12H19N5O. The lowest BCUT2D eigenvalue weighted by atomic mass is 9.78. The van der Waals surface area contributed by atoms with E-state index in [1.165, 1.54) is 43.1 Å². The lowest BCUT2D eigenvalue weighted by molar-refractivity contribution is -0.138. The third kappa shape index (κ3) is 2.23. The summed E-state index contributed by atoms with van der Waals surface area (Å²) in [6.07, 6.45) is 8.99. The molecule has 3 rings (SSSR count). The van der Waals surface area contributed by atoms with Crippen LogP contribution in [0, 0.1) is 5.92 Å². The van der Waals surface area contributed by atoms with E-state index in [9.17, 15) is 4.79 Å². The molecule has 1 aromatic rings. The summed E-state index contributed by atoms with van der Waals surface area (Å²) in [4.78, 5) is 14.4. The van der Waals surface area contributed by atoms with Gasteiger partial charge in [0.1, 0.15) is 12.9 Å². The average molecular weight is 249 g/mol. The van der Waals surface area contributed by atoms with Crippen LogP contribution in [0.1, 0.15) is 38.5 Å². The van der Waals surface area contributed by atoms with Crippen molar-refractivity contribution in [1.82, 2.24) is 25.1 Å². The highest BCUT2D eigenvalue weighted by molar-refractivity contribution is 5.76. The molecule has 1 amide bonds. The molecule has 0 bridgehead atoms. The number of hydrogen-bond acceptors (Lipinski definition) is 4. The van der Waals surface area contributed by atoms with Gasteiger partial charge < -0.3 is 4.90 Å². The molecule has 1 aliphatic heterocycles. The second kappa shape index (κ2) is 5.04. The molecule has 0 radical (unpaired) electrons. The number of nitrogens with zero attached hydrogens (tertiary/aromatic N) is 5. The highest BCUT2D eigenvalue weighted by Gasteiger charge is 2.35. The molecule has 0 aromatic carbocycles. The van der Waals surface area contributed by atoms with Crippen LogP contribution in [0.5, 0.6) is 0 Å². The van der Waals surface area contributed by atoms with Gasteiger partial charge in [0.2, 0.25) is 5.91 Å². The Morgan fingerprint density at radius 1 is 1.22 bits per heavy atom. The highest BCUT2D eigenvalue weighted by atomic mass is 16.2. The lowest BCUT2D eigenvalue weighted by Crippen LogP contribution is -2.50. The molecule has 1 aromatic heterocycles. The minimum Gasteiger partial charge on any atom is -0.338 e. The van der Waals surface area contributed by atoms with Gasteiger partial charge in [-0.25, -0.2) is 4.68 Å². The Labute approximate surface area is 106 Å². The molecule has 1 aliphatic carbocycles. The zero-order valence-electron chi connectivity index (χ0n) is 10.5. The SMILES string of the molecule is O=C(Cn1cnnn1)N1CCCC2CCCCC21. The molecule has 6 heteroatoms. The predicted octanol–water partition coefficient (Wildman–Crippen LogP) is 0.854. The van der Waals surface area contributed by atoms with Crippen molar-refractivity contribution >= 4 is 5.91 Å². The third-order valence-electron chi connectivity index (χ3n) is 4.25. The van der Waals surface area contributed by atoms with Crippen LogP contribution in [0.25, 0.3) is 0 Å². The van der Waals surface area contributed by atoms with Crippen LogP contribution in [0.15, 0.2) is 6.33 Å². The maximum Gasteiger partial charge on any atom is 0.244 e. The number of piperidine rings is 1. The molecule has 6 nitrogen and oxygen atoms in total. The Hall–Kier alpha value is -1.46. The fourth-order valence-electron chi connectivity index (χ4n) is 3.42. The zero-order valence-corrected chi connectivity index (χ0v) is 10.5. The summed E-state index contributed by atoms with van der Waals surface area (Å²) in [5, 5.41) is 10.9. The third-order valence-corrected chi connectivity index (χ3v) is 4.25. The van der Waals surface area contributed by atoms with Crippen molar-refractivity contribution in [3.63, 3.8) is 0 Å². The largest absolute Gasteiger partial charge is 0.338 e. The van der Waals surface area contributed by atoms with E-state index >= 15 is 0 Å². The second-order valence-electron chi connectivity index (χ2n) is 5.35. The van der Waals surface area contributed by atoms with Crippen LogP contribution in [-0.2, 0) is 11.3 Å². The molecule has 1 saturated heterocycles. The first-order valence-electron chi connectivity index (χ1n) is 6.85. The van der Waals surface area contributed by atoms with E-state index in [4.69, 9.17) is 0 Å². The van der Waals surface area contributed by atoms with E-state index in [2.05, 4.69) is 20.4 Å². The van der Waals surface area contributed by atoms with Crippen LogP contribution in [0.2, 0.25) is 0 Å². The summed E-state index contributed by atoms with van der Waals surface area (Å²) in [5.41, 5.74) is 0. The van der Waals surface area contributed by atoms with Crippen molar-refractivity contribution in [2.75, 3.05) is 6.54 Å². The van der Waals surface area contributed by atoms with Crippen molar-refractivity contribution in [3.05, 3.63) is 6.33 Å². The van der Waals surface area contributed by atoms with Crippen LogP contribution in [0.3, 0.4) is 0 Å². The first kappa shape index (κ1) is 11.6. The molecular weight excluding hydrogens is 230 g/mol. The molecule has 0 N–H and O–H groups in total. The Kier molecular flexibility index (Phi) is 3.25. The lowest BCUT2D eigenvalue weighted by Gasteiger charge is -2.44. The summed E-state index contributed by atoms with van der Waals surface area (Å²) < 4.78 is 1.51. The summed E-state index contributed by atoms with van der Waals surface area (Å²) >= 11 is 0. The van der Waals surface area contributed by atoms with Gasteiger partial charge in [0, 0.05) is 12.6 Å². The van der Waals surface area contributed by atoms with Gasteiger partial charge in [-0.15, -0.1) is 5.10 Å². The molecule has 2 aliphatic rings. The first-order valence-corrected chi connectivity index (χ1v) is 6.85. The summed E-state index contributed by atoms with van der Waals surface area (Å²) in [6.45, 7) is 1.18. The number of rotatable bonds is 2. The molecule has 1 saturated carbocycles. The van der Waals surface area contributed by atoms with Gasteiger partial charge in [-0.1, -0.05) is 12.8 Å². The normalized spacial score (nSPS) is 27.9. The summed E-state index contributed by atoms with van der Waals surface area (Å²) in [6, 6.07) is 0.469. The van der Waals surface area contributed by atoms with E-state index < -0.39 is 0 Å². The van der Waals surface area contributed by atoms with Crippen molar-refractivity contribution in [2.45, 2.75) is 51.1 Å². The Morgan fingerprint density at radius 3 is 2.89 bits per heavy atom. The fraction of sp³-hybridized carbons (Fsp3) is 0.833. The van der Waals surface area contributed by atoms with Gasteiger partial charge in [0.05, 0.1) is 0 Å². The van der Waals surface area contributed by atoms with Crippen molar-refractivity contribution < 1.29 is 4.79 Å². The molecule has 0 spiro atoms. The maximum atomic E-state index is 12.3. The maximum absolute atomic E-state index is 12.3. The van der Waals surface area contributed by atoms with E-state index in [1.54, 1.807) is 0 Å². The van der Waals surface area contributed by atoms with E-state index in [0.29, 0.717) is 6.04 Å². The number of hydrogen-bond donors (Lipinski definition) is 0. The van der Waals surface area contributed by atoms with E-state index in [0.717, 1.165) is 18.9 Å². The number of tetrazole rings is 1. The molecule has 2 heterocycles. The minimum absolute atomic E-state index is 0.166. The number of amides is 1. The first-order chi connectivity index (χ1) is 8.84. The smallest absolute Gasteiger partial charge is 0.244 e. The molecule has 98 valence electrons.